The molecular formula is C15H24N2O3. The van der Waals surface area contributed by atoms with Gasteiger partial charge in [0.1, 0.15) is 0 Å². The predicted molar refractivity (Wildman–Crippen MR) is 74.3 cm³/mol. The van der Waals surface area contributed by atoms with Gasteiger partial charge in [-0.2, -0.15) is 0 Å². The first-order valence-corrected chi connectivity index (χ1v) is 7.89. The van der Waals surface area contributed by atoms with Crippen LogP contribution in [0.5, 0.6) is 0 Å². The van der Waals surface area contributed by atoms with Crippen molar-refractivity contribution in [2.24, 2.45) is 11.8 Å². The molecule has 1 saturated carbocycles. The summed E-state index contributed by atoms with van der Waals surface area (Å²) in [5.41, 5.74) is 0. The van der Waals surface area contributed by atoms with Crippen molar-refractivity contribution >= 4 is 12.0 Å². The Bertz CT molecular complexity index is 398. The molecule has 0 aromatic rings. The third-order valence-corrected chi connectivity index (χ3v) is 5.28. The number of nitrogens with zero attached hydrogens (tertiary/aromatic N) is 1. The summed E-state index contributed by atoms with van der Waals surface area (Å²) in [6.07, 6.45) is 6.30. The number of carboxylic acid groups (broad SMARTS) is 1. The molecule has 1 aliphatic carbocycles. The number of urea groups is 1. The van der Waals surface area contributed by atoms with Gasteiger partial charge in [0, 0.05) is 24.5 Å². The number of amides is 2. The fourth-order valence-electron chi connectivity index (χ4n) is 4.14. The molecule has 2 aliphatic heterocycles. The molecule has 0 spiro atoms. The van der Waals surface area contributed by atoms with Crippen LogP contribution < -0.4 is 5.32 Å². The van der Waals surface area contributed by atoms with Crippen molar-refractivity contribution in [1.29, 1.82) is 0 Å². The lowest BCUT2D eigenvalue weighted by Crippen LogP contribution is -2.51. The van der Waals surface area contributed by atoms with E-state index >= 15 is 0 Å². The molecule has 0 aromatic carbocycles. The van der Waals surface area contributed by atoms with Gasteiger partial charge in [-0.05, 0) is 43.9 Å². The normalized spacial score (nSPS) is 38.6. The highest BCUT2D eigenvalue weighted by Crippen LogP contribution is 2.40. The van der Waals surface area contributed by atoms with Gasteiger partial charge in [-0.1, -0.05) is 13.3 Å². The third kappa shape index (κ3) is 2.63. The molecule has 2 saturated heterocycles. The Morgan fingerprint density at radius 1 is 1.20 bits per heavy atom. The molecule has 5 nitrogen and oxygen atoms in total. The van der Waals surface area contributed by atoms with E-state index in [0.29, 0.717) is 12.0 Å². The van der Waals surface area contributed by atoms with Crippen molar-refractivity contribution in [3.63, 3.8) is 0 Å². The lowest BCUT2D eigenvalue weighted by Gasteiger charge is -2.38. The molecule has 2 N–H and O–H groups in total. The minimum absolute atomic E-state index is 0.0900. The van der Waals surface area contributed by atoms with Crippen LogP contribution in [0.25, 0.3) is 0 Å². The first-order valence-electron chi connectivity index (χ1n) is 7.89. The van der Waals surface area contributed by atoms with Gasteiger partial charge >= 0.3 is 12.0 Å². The van der Waals surface area contributed by atoms with E-state index in [1.54, 1.807) is 0 Å². The Labute approximate surface area is 119 Å². The zero-order valence-electron chi connectivity index (χ0n) is 12.0. The molecule has 0 radical (unpaired) electrons. The van der Waals surface area contributed by atoms with E-state index in [1.165, 1.54) is 0 Å². The minimum atomic E-state index is -0.712. The van der Waals surface area contributed by atoms with E-state index in [1.807, 2.05) is 4.90 Å². The molecule has 0 aromatic heterocycles. The standard InChI is InChI=1S/C15H24N2O3/c1-2-10-8-13(10)16-15(20)17-11-3-4-12(17)6-9(5-11)7-14(18)19/h9-13H,2-8H2,1H3,(H,16,20)(H,18,19). The van der Waals surface area contributed by atoms with Crippen LogP contribution in [0.2, 0.25) is 0 Å². The van der Waals surface area contributed by atoms with Crippen LogP contribution in [0.4, 0.5) is 4.79 Å². The zero-order valence-corrected chi connectivity index (χ0v) is 12.0. The summed E-state index contributed by atoms with van der Waals surface area (Å²) in [5, 5.41) is 12.1. The van der Waals surface area contributed by atoms with Gasteiger partial charge in [0.05, 0.1) is 0 Å². The van der Waals surface area contributed by atoms with Gasteiger partial charge in [0.25, 0.3) is 0 Å². The van der Waals surface area contributed by atoms with Crippen molar-refractivity contribution in [2.45, 2.75) is 70.0 Å². The maximum atomic E-state index is 12.4. The molecule has 2 bridgehead atoms. The summed E-state index contributed by atoms with van der Waals surface area (Å²) in [7, 11) is 0. The first-order chi connectivity index (χ1) is 9.58. The fourth-order valence-corrected chi connectivity index (χ4v) is 4.14. The monoisotopic (exact) mass is 280 g/mol. The lowest BCUT2D eigenvalue weighted by atomic mass is 9.88. The maximum absolute atomic E-state index is 12.4. The Hall–Kier alpha value is -1.26. The first kappa shape index (κ1) is 13.7. The molecule has 2 amide bonds. The van der Waals surface area contributed by atoms with Gasteiger partial charge in [-0.3, -0.25) is 4.79 Å². The van der Waals surface area contributed by atoms with Gasteiger partial charge in [0.2, 0.25) is 0 Å². The van der Waals surface area contributed by atoms with Gasteiger partial charge in [-0.25, -0.2) is 4.79 Å². The quantitative estimate of drug-likeness (QED) is 0.829. The van der Waals surface area contributed by atoms with Crippen molar-refractivity contribution in [2.75, 3.05) is 0 Å². The Morgan fingerprint density at radius 2 is 1.85 bits per heavy atom. The van der Waals surface area contributed by atoms with Crippen LogP contribution in [-0.2, 0) is 4.79 Å². The van der Waals surface area contributed by atoms with Gasteiger partial charge in [-0.15, -0.1) is 0 Å². The van der Waals surface area contributed by atoms with Crippen LogP contribution >= 0.6 is 0 Å². The Balaban J connectivity index is 1.56. The summed E-state index contributed by atoms with van der Waals surface area (Å²) in [6.45, 7) is 2.16. The molecule has 3 fully saturated rings. The average Bonchev–Trinajstić information content (AvgIpc) is 3.07. The smallest absolute Gasteiger partial charge is 0.318 e. The number of piperidine rings is 1. The van der Waals surface area contributed by atoms with Crippen LogP contribution in [0.1, 0.15) is 51.9 Å². The fraction of sp³-hybridized carbons (Fsp3) is 0.867. The number of fused-ring (bicyclic) bond motifs is 2. The van der Waals surface area contributed by atoms with Crippen LogP contribution in [0.3, 0.4) is 0 Å². The number of hydrogen-bond donors (Lipinski definition) is 2. The zero-order chi connectivity index (χ0) is 14.3. The second-order valence-electron chi connectivity index (χ2n) is 6.69. The highest BCUT2D eigenvalue weighted by molar-refractivity contribution is 5.76. The molecule has 4 unspecified atom stereocenters. The molecule has 3 aliphatic rings. The second-order valence-corrected chi connectivity index (χ2v) is 6.69. The summed E-state index contributed by atoms with van der Waals surface area (Å²) in [5.74, 6) is 0.204. The number of aliphatic carboxylic acids is 1. The van der Waals surface area contributed by atoms with Gasteiger partial charge in [0.15, 0.2) is 0 Å². The van der Waals surface area contributed by atoms with E-state index in [2.05, 4.69) is 12.2 Å². The SMILES string of the molecule is CCC1CC1NC(=O)N1C2CCC1CC(CC(=O)O)C2. The number of carbonyl (C=O) groups is 2. The Kier molecular flexibility index (Phi) is 3.61. The molecule has 5 heteroatoms. The highest BCUT2D eigenvalue weighted by atomic mass is 16.4. The largest absolute Gasteiger partial charge is 0.481 e. The highest BCUT2D eigenvalue weighted by Gasteiger charge is 2.45. The molecule has 4 atom stereocenters. The molecule has 2 heterocycles. The number of rotatable bonds is 4. The van der Waals surface area contributed by atoms with E-state index in [0.717, 1.165) is 38.5 Å². The molecule has 20 heavy (non-hydrogen) atoms. The van der Waals surface area contributed by atoms with E-state index < -0.39 is 5.97 Å². The predicted octanol–water partition coefficient (Wildman–Crippen LogP) is 2.21. The Morgan fingerprint density at radius 3 is 2.35 bits per heavy atom. The third-order valence-electron chi connectivity index (χ3n) is 5.28. The topological polar surface area (TPSA) is 69.6 Å². The van der Waals surface area contributed by atoms with E-state index in [9.17, 15) is 9.59 Å². The summed E-state index contributed by atoms with van der Waals surface area (Å²) >= 11 is 0. The number of hydrogen-bond acceptors (Lipinski definition) is 2. The molecule has 3 rings (SSSR count). The van der Waals surface area contributed by atoms with E-state index in [-0.39, 0.29) is 30.5 Å². The van der Waals surface area contributed by atoms with Crippen molar-refractivity contribution < 1.29 is 14.7 Å². The van der Waals surface area contributed by atoms with Crippen molar-refractivity contribution in [1.82, 2.24) is 10.2 Å². The maximum Gasteiger partial charge on any atom is 0.318 e. The van der Waals surface area contributed by atoms with Crippen LogP contribution in [0, 0.1) is 11.8 Å². The van der Waals surface area contributed by atoms with Crippen LogP contribution in [0.15, 0.2) is 0 Å². The summed E-state index contributed by atoms with van der Waals surface area (Å²) < 4.78 is 0. The summed E-state index contributed by atoms with van der Waals surface area (Å²) in [4.78, 5) is 25.3. The second kappa shape index (κ2) is 5.26. The van der Waals surface area contributed by atoms with Crippen molar-refractivity contribution in [3.05, 3.63) is 0 Å². The minimum Gasteiger partial charge on any atom is -0.481 e. The summed E-state index contributed by atoms with van der Waals surface area (Å²) in [6, 6.07) is 0.990. The van der Waals surface area contributed by atoms with Gasteiger partial charge < -0.3 is 15.3 Å². The van der Waals surface area contributed by atoms with E-state index in [4.69, 9.17) is 5.11 Å². The number of carbonyl (C=O) groups excluding carboxylic acids is 1. The molecule has 112 valence electrons. The molecular weight excluding hydrogens is 256 g/mol. The number of carboxylic acids is 1. The average molecular weight is 280 g/mol. The van der Waals surface area contributed by atoms with Crippen LogP contribution in [-0.4, -0.2) is 40.1 Å². The lowest BCUT2D eigenvalue weighted by molar-refractivity contribution is -0.138. The van der Waals surface area contributed by atoms with Crippen molar-refractivity contribution in [3.8, 4) is 0 Å². The number of nitrogens with one attached hydrogen (secondary N) is 1.